The van der Waals surface area contributed by atoms with Crippen molar-refractivity contribution in [2.75, 3.05) is 72.1 Å². The number of rotatable bonds is 13. The molecule has 0 atom stereocenters. The smallest absolute Gasteiger partial charge is 0.304 e. The van der Waals surface area contributed by atoms with Crippen molar-refractivity contribution < 1.29 is 19.5 Å². The first-order valence-corrected chi connectivity index (χ1v) is 12.8. The third-order valence-electron chi connectivity index (χ3n) is 7.20. The van der Waals surface area contributed by atoms with Crippen LogP contribution in [-0.4, -0.2) is 126 Å². The molecule has 0 unspecified atom stereocenters. The first-order chi connectivity index (χ1) is 16.1. The number of hydrogen-bond donors (Lipinski definition) is 3. The van der Waals surface area contributed by atoms with Crippen molar-refractivity contribution in [3.63, 3.8) is 0 Å². The quantitative estimate of drug-likeness (QED) is 0.321. The van der Waals surface area contributed by atoms with Gasteiger partial charge in [-0.25, -0.2) is 0 Å². The average molecular weight is 483 g/mol. The lowest BCUT2D eigenvalue weighted by Gasteiger charge is -2.44. The SMILES string of the molecule is CC(C)N1CCN(CCC(=O)NCNC(=O)CCC(C)(C)N2CCN(CCC(=O)O)CC2)CC1. The summed E-state index contributed by atoms with van der Waals surface area (Å²) >= 11 is 0. The topological polar surface area (TPSA) is 108 Å². The molecular formula is C24H46N6O4. The van der Waals surface area contributed by atoms with Gasteiger partial charge in [0.2, 0.25) is 11.8 Å². The van der Waals surface area contributed by atoms with Crippen molar-refractivity contribution in [2.45, 2.75) is 65.0 Å². The van der Waals surface area contributed by atoms with Gasteiger partial charge >= 0.3 is 5.97 Å². The van der Waals surface area contributed by atoms with Crippen LogP contribution in [-0.2, 0) is 14.4 Å². The molecule has 0 aromatic heterocycles. The lowest BCUT2D eigenvalue weighted by Crippen LogP contribution is -2.55. The van der Waals surface area contributed by atoms with E-state index in [2.05, 4.69) is 57.9 Å². The molecule has 2 aliphatic heterocycles. The standard InChI is InChI=1S/C24H46N6O4/c1-20(2)29-15-11-27(12-16-29)9-6-22(32)26-19-25-21(31)5-8-24(3,4)30-17-13-28(14-18-30)10-7-23(33)34/h20H,5-19H2,1-4H3,(H,25,31)(H,26,32)(H,33,34). The lowest BCUT2D eigenvalue weighted by atomic mass is 9.94. The number of carboxylic acids is 1. The molecule has 0 radical (unpaired) electrons. The van der Waals surface area contributed by atoms with Gasteiger partial charge in [0, 0.05) is 89.9 Å². The van der Waals surface area contributed by atoms with Gasteiger partial charge < -0.3 is 25.5 Å². The van der Waals surface area contributed by atoms with Crippen LogP contribution in [0.5, 0.6) is 0 Å². The van der Waals surface area contributed by atoms with Crippen molar-refractivity contribution in [1.82, 2.24) is 30.2 Å². The molecule has 10 heteroatoms. The van der Waals surface area contributed by atoms with Crippen LogP contribution in [0.2, 0.25) is 0 Å². The van der Waals surface area contributed by atoms with E-state index >= 15 is 0 Å². The van der Waals surface area contributed by atoms with E-state index in [4.69, 9.17) is 5.11 Å². The molecule has 10 nitrogen and oxygen atoms in total. The second kappa shape index (κ2) is 14.0. The van der Waals surface area contributed by atoms with E-state index in [1.165, 1.54) is 0 Å². The fraction of sp³-hybridized carbons (Fsp3) is 0.875. The van der Waals surface area contributed by atoms with Crippen LogP contribution >= 0.6 is 0 Å². The number of carboxylic acid groups (broad SMARTS) is 1. The first kappa shape index (κ1) is 28.5. The summed E-state index contributed by atoms with van der Waals surface area (Å²) in [7, 11) is 0. The summed E-state index contributed by atoms with van der Waals surface area (Å²) < 4.78 is 0. The summed E-state index contributed by atoms with van der Waals surface area (Å²) in [5.74, 6) is -0.851. The van der Waals surface area contributed by atoms with Crippen LogP contribution in [0.3, 0.4) is 0 Å². The zero-order chi connectivity index (χ0) is 25.1. The second-order valence-corrected chi connectivity index (χ2v) is 10.4. The van der Waals surface area contributed by atoms with Crippen LogP contribution < -0.4 is 10.6 Å². The molecule has 0 aromatic rings. The molecule has 196 valence electrons. The van der Waals surface area contributed by atoms with Gasteiger partial charge in [-0.1, -0.05) is 0 Å². The molecule has 0 aliphatic carbocycles. The molecule has 0 aromatic carbocycles. The van der Waals surface area contributed by atoms with E-state index in [-0.39, 0.29) is 30.4 Å². The highest BCUT2D eigenvalue weighted by Gasteiger charge is 2.30. The monoisotopic (exact) mass is 482 g/mol. The third-order valence-corrected chi connectivity index (χ3v) is 7.20. The van der Waals surface area contributed by atoms with Gasteiger partial charge in [-0.05, 0) is 34.1 Å². The van der Waals surface area contributed by atoms with Crippen molar-refractivity contribution in [3.05, 3.63) is 0 Å². The second-order valence-electron chi connectivity index (χ2n) is 10.4. The lowest BCUT2D eigenvalue weighted by molar-refractivity contribution is -0.137. The van der Waals surface area contributed by atoms with Crippen LogP contribution in [0.15, 0.2) is 0 Å². The number of carbonyl (C=O) groups is 3. The third kappa shape index (κ3) is 10.2. The minimum Gasteiger partial charge on any atom is -0.481 e. The maximum atomic E-state index is 12.3. The van der Waals surface area contributed by atoms with E-state index in [1.54, 1.807) is 0 Å². The van der Waals surface area contributed by atoms with E-state index in [0.29, 0.717) is 25.4 Å². The van der Waals surface area contributed by atoms with Crippen LogP contribution in [0.4, 0.5) is 0 Å². The van der Waals surface area contributed by atoms with Crippen molar-refractivity contribution in [1.29, 1.82) is 0 Å². The highest BCUT2D eigenvalue weighted by atomic mass is 16.4. The number of piperazine rings is 2. The van der Waals surface area contributed by atoms with E-state index in [0.717, 1.165) is 65.3 Å². The zero-order valence-corrected chi connectivity index (χ0v) is 21.6. The van der Waals surface area contributed by atoms with Crippen molar-refractivity contribution in [2.24, 2.45) is 0 Å². The summed E-state index contributed by atoms with van der Waals surface area (Å²) in [5, 5.41) is 14.4. The van der Waals surface area contributed by atoms with Gasteiger partial charge in [-0.3, -0.25) is 24.2 Å². The zero-order valence-electron chi connectivity index (χ0n) is 21.6. The van der Waals surface area contributed by atoms with Gasteiger partial charge in [-0.15, -0.1) is 0 Å². The number of amides is 2. The van der Waals surface area contributed by atoms with Crippen LogP contribution in [0.25, 0.3) is 0 Å². The summed E-state index contributed by atoms with van der Waals surface area (Å²) in [6.45, 7) is 17.8. The maximum Gasteiger partial charge on any atom is 0.304 e. The largest absolute Gasteiger partial charge is 0.481 e. The fourth-order valence-electron chi connectivity index (χ4n) is 4.59. The molecule has 2 saturated heterocycles. The Hall–Kier alpha value is -1.75. The Morgan fingerprint density at radius 3 is 1.82 bits per heavy atom. The van der Waals surface area contributed by atoms with E-state index < -0.39 is 5.97 Å². The molecule has 2 heterocycles. The Morgan fingerprint density at radius 1 is 0.794 bits per heavy atom. The molecular weight excluding hydrogens is 436 g/mol. The molecule has 34 heavy (non-hydrogen) atoms. The Labute approximate surface area is 205 Å². The molecule has 0 bridgehead atoms. The van der Waals surface area contributed by atoms with E-state index in [1.807, 2.05) is 0 Å². The van der Waals surface area contributed by atoms with Crippen LogP contribution in [0.1, 0.15) is 53.4 Å². The summed E-state index contributed by atoms with van der Waals surface area (Å²) in [6.07, 6.45) is 1.75. The van der Waals surface area contributed by atoms with Gasteiger partial charge in [0.1, 0.15) is 0 Å². The molecule has 2 amide bonds. The first-order valence-electron chi connectivity index (χ1n) is 12.8. The molecule has 2 aliphatic rings. The number of nitrogens with zero attached hydrogens (tertiary/aromatic N) is 4. The molecule has 3 N–H and O–H groups in total. The highest BCUT2D eigenvalue weighted by Crippen LogP contribution is 2.22. The van der Waals surface area contributed by atoms with E-state index in [9.17, 15) is 14.4 Å². The molecule has 2 fully saturated rings. The minimum atomic E-state index is -0.759. The van der Waals surface area contributed by atoms with Gasteiger partial charge in [-0.2, -0.15) is 0 Å². The minimum absolute atomic E-state index is 0.0345. The van der Waals surface area contributed by atoms with Gasteiger partial charge in [0.15, 0.2) is 0 Å². The summed E-state index contributed by atoms with van der Waals surface area (Å²) in [6, 6.07) is 0.570. The van der Waals surface area contributed by atoms with Gasteiger partial charge in [0.05, 0.1) is 13.1 Å². The Morgan fingerprint density at radius 2 is 1.29 bits per heavy atom. The summed E-state index contributed by atoms with van der Waals surface area (Å²) in [4.78, 5) is 44.5. The molecule has 0 saturated carbocycles. The number of carbonyl (C=O) groups excluding carboxylic acids is 2. The average Bonchev–Trinajstić information content (AvgIpc) is 2.80. The fourth-order valence-corrected chi connectivity index (χ4v) is 4.59. The normalized spacial score (nSPS) is 19.3. The molecule has 2 rings (SSSR count). The Balaban J connectivity index is 1.55. The highest BCUT2D eigenvalue weighted by molar-refractivity contribution is 5.78. The van der Waals surface area contributed by atoms with Crippen molar-refractivity contribution >= 4 is 17.8 Å². The maximum absolute atomic E-state index is 12.3. The molecule has 0 spiro atoms. The van der Waals surface area contributed by atoms with Crippen LogP contribution in [0, 0.1) is 0 Å². The Bertz CT molecular complexity index is 656. The van der Waals surface area contributed by atoms with Gasteiger partial charge in [0.25, 0.3) is 0 Å². The summed E-state index contributed by atoms with van der Waals surface area (Å²) in [5.41, 5.74) is -0.112. The predicted octanol–water partition coefficient (Wildman–Crippen LogP) is 0.244. The van der Waals surface area contributed by atoms with Crippen molar-refractivity contribution in [3.8, 4) is 0 Å². The number of nitrogens with one attached hydrogen (secondary N) is 2. The number of aliphatic carboxylic acids is 1. The number of hydrogen-bond acceptors (Lipinski definition) is 7. The Kier molecular flexibility index (Phi) is 11.7. The predicted molar refractivity (Wildman–Crippen MR) is 132 cm³/mol.